The van der Waals surface area contributed by atoms with Crippen LogP contribution in [0, 0.1) is 0 Å². The van der Waals surface area contributed by atoms with Crippen LogP contribution >= 0.6 is 25.3 Å². The maximum atomic E-state index is 9.23. The first kappa shape index (κ1) is 14.8. The first-order valence-corrected chi connectivity index (χ1v) is 6.45. The molecule has 1 aromatic heterocycles. The maximum Gasteiger partial charge on any atom is 0.0856 e. The van der Waals surface area contributed by atoms with Gasteiger partial charge in [-0.1, -0.05) is 6.07 Å². The van der Waals surface area contributed by atoms with Crippen molar-refractivity contribution in [1.82, 2.24) is 4.98 Å². The predicted octanol–water partition coefficient (Wildman–Crippen LogP) is 0.983. The fourth-order valence-corrected chi connectivity index (χ4v) is 1.89. The Hall–Kier alpha value is -0.270. The van der Waals surface area contributed by atoms with E-state index in [1.54, 1.807) is 6.07 Å². The quantitative estimate of drug-likeness (QED) is 0.442. The third-order valence-corrected chi connectivity index (χ3v) is 2.86. The molecule has 0 fully saturated rings. The van der Waals surface area contributed by atoms with Gasteiger partial charge in [0.1, 0.15) is 0 Å². The van der Waals surface area contributed by atoms with Crippen molar-refractivity contribution >= 4 is 25.3 Å². The molecule has 0 aliphatic rings. The number of hydrogen-bond donors (Lipinski definition) is 4. The van der Waals surface area contributed by atoms with Crippen LogP contribution in [0.2, 0.25) is 0 Å². The minimum atomic E-state index is -0.174. The summed E-state index contributed by atoms with van der Waals surface area (Å²) < 4.78 is 5.34. The Labute approximate surface area is 112 Å². The second-order valence-corrected chi connectivity index (χ2v) is 4.54. The molecule has 17 heavy (non-hydrogen) atoms. The van der Waals surface area contributed by atoms with E-state index in [0.29, 0.717) is 30.4 Å². The summed E-state index contributed by atoms with van der Waals surface area (Å²) in [7, 11) is 0. The molecule has 1 unspecified atom stereocenters. The highest BCUT2D eigenvalue weighted by Gasteiger charge is 2.13. The zero-order chi connectivity index (χ0) is 12.7. The summed E-state index contributed by atoms with van der Waals surface area (Å²) in [5.74, 6) is 0.662. The molecular formula is C11H17NO3S2. The Morgan fingerprint density at radius 1 is 1.29 bits per heavy atom. The standard InChI is InChI=1S/C11H17NO3S2/c13-5-8-1-2-9(10(6-14)12-8)11(17)7-15-3-4-16/h1-2,11,13-14,16-17H,3-7H2. The Morgan fingerprint density at radius 2 is 2.06 bits per heavy atom. The lowest BCUT2D eigenvalue weighted by Crippen LogP contribution is -2.09. The SMILES string of the molecule is OCc1ccc(C(S)COCCS)c(CO)n1. The highest BCUT2D eigenvalue weighted by molar-refractivity contribution is 7.80. The molecule has 1 atom stereocenters. The van der Waals surface area contributed by atoms with Crippen molar-refractivity contribution in [3.05, 3.63) is 29.1 Å². The second kappa shape index (κ2) is 7.94. The van der Waals surface area contributed by atoms with Gasteiger partial charge in [0.25, 0.3) is 0 Å². The van der Waals surface area contributed by atoms with E-state index in [0.717, 1.165) is 5.56 Å². The largest absolute Gasteiger partial charge is 0.390 e. The molecule has 1 aromatic rings. The van der Waals surface area contributed by atoms with E-state index in [1.807, 2.05) is 6.07 Å². The molecule has 96 valence electrons. The predicted molar refractivity (Wildman–Crippen MR) is 72.5 cm³/mol. The molecule has 2 N–H and O–H groups in total. The van der Waals surface area contributed by atoms with Crippen LogP contribution in [0.25, 0.3) is 0 Å². The Bertz CT molecular complexity index is 349. The lowest BCUT2D eigenvalue weighted by molar-refractivity contribution is 0.151. The van der Waals surface area contributed by atoms with E-state index in [1.165, 1.54) is 0 Å². The van der Waals surface area contributed by atoms with E-state index < -0.39 is 0 Å². The Balaban J connectivity index is 2.74. The summed E-state index contributed by atoms with van der Waals surface area (Å²) in [6.07, 6.45) is 0. The number of aliphatic hydroxyl groups excluding tert-OH is 2. The van der Waals surface area contributed by atoms with Crippen molar-refractivity contribution in [2.24, 2.45) is 0 Å². The molecule has 0 aliphatic heterocycles. The van der Waals surface area contributed by atoms with Crippen LogP contribution in [0.4, 0.5) is 0 Å². The summed E-state index contributed by atoms with van der Waals surface area (Å²) in [5, 5.41) is 18.1. The molecule has 0 saturated carbocycles. The molecule has 0 amide bonds. The van der Waals surface area contributed by atoms with Gasteiger partial charge in [-0.2, -0.15) is 25.3 Å². The molecule has 0 saturated heterocycles. The van der Waals surface area contributed by atoms with Crippen LogP contribution < -0.4 is 0 Å². The topological polar surface area (TPSA) is 62.6 Å². The average molecular weight is 275 g/mol. The minimum absolute atomic E-state index is 0.138. The van der Waals surface area contributed by atoms with Gasteiger partial charge in [-0.15, -0.1) is 0 Å². The van der Waals surface area contributed by atoms with E-state index >= 15 is 0 Å². The van der Waals surface area contributed by atoms with Gasteiger partial charge in [-0.25, -0.2) is 0 Å². The van der Waals surface area contributed by atoms with E-state index in [2.05, 4.69) is 30.2 Å². The zero-order valence-corrected chi connectivity index (χ0v) is 11.2. The van der Waals surface area contributed by atoms with Crippen molar-refractivity contribution in [1.29, 1.82) is 0 Å². The lowest BCUT2D eigenvalue weighted by atomic mass is 10.1. The first-order valence-electron chi connectivity index (χ1n) is 5.30. The summed E-state index contributed by atoms with van der Waals surface area (Å²) in [6, 6.07) is 3.53. The molecule has 1 heterocycles. The normalized spacial score (nSPS) is 12.7. The number of aromatic nitrogens is 1. The van der Waals surface area contributed by atoms with Crippen LogP contribution in [-0.4, -0.2) is 34.2 Å². The van der Waals surface area contributed by atoms with Crippen molar-refractivity contribution < 1.29 is 14.9 Å². The number of aliphatic hydroxyl groups is 2. The van der Waals surface area contributed by atoms with Crippen LogP contribution in [0.1, 0.15) is 22.2 Å². The highest BCUT2D eigenvalue weighted by atomic mass is 32.1. The molecule has 1 rings (SSSR count). The summed E-state index contributed by atoms with van der Waals surface area (Å²) in [4.78, 5) is 4.14. The number of thiol groups is 2. The molecule has 4 nitrogen and oxygen atoms in total. The van der Waals surface area contributed by atoms with Crippen molar-refractivity contribution in [3.63, 3.8) is 0 Å². The number of rotatable bonds is 7. The number of ether oxygens (including phenoxy) is 1. The van der Waals surface area contributed by atoms with Gasteiger partial charge >= 0.3 is 0 Å². The summed E-state index contributed by atoms with van der Waals surface area (Å²) >= 11 is 8.46. The van der Waals surface area contributed by atoms with Crippen LogP contribution in [0.3, 0.4) is 0 Å². The average Bonchev–Trinajstić information content (AvgIpc) is 2.38. The van der Waals surface area contributed by atoms with Crippen LogP contribution in [-0.2, 0) is 18.0 Å². The molecule has 6 heteroatoms. The first-order chi connectivity index (χ1) is 8.22. The fraction of sp³-hybridized carbons (Fsp3) is 0.545. The lowest BCUT2D eigenvalue weighted by Gasteiger charge is -2.15. The van der Waals surface area contributed by atoms with Gasteiger partial charge in [0.15, 0.2) is 0 Å². The monoisotopic (exact) mass is 275 g/mol. The maximum absolute atomic E-state index is 9.23. The molecule has 0 aromatic carbocycles. The molecular weight excluding hydrogens is 258 g/mol. The van der Waals surface area contributed by atoms with Gasteiger partial charge < -0.3 is 14.9 Å². The van der Waals surface area contributed by atoms with Gasteiger partial charge in [-0.05, 0) is 11.6 Å². The number of hydrogen-bond acceptors (Lipinski definition) is 6. The number of pyridine rings is 1. The zero-order valence-electron chi connectivity index (χ0n) is 9.41. The molecule has 0 aliphatic carbocycles. The fourth-order valence-electron chi connectivity index (χ4n) is 1.42. The second-order valence-electron chi connectivity index (χ2n) is 3.47. The van der Waals surface area contributed by atoms with E-state index in [-0.39, 0.29) is 18.5 Å². The smallest absolute Gasteiger partial charge is 0.0856 e. The Morgan fingerprint density at radius 3 is 2.65 bits per heavy atom. The van der Waals surface area contributed by atoms with Crippen molar-refractivity contribution in [3.8, 4) is 0 Å². The number of nitrogens with zero attached hydrogens (tertiary/aromatic N) is 1. The third-order valence-electron chi connectivity index (χ3n) is 2.25. The molecule has 0 radical (unpaired) electrons. The highest BCUT2D eigenvalue weighted by Crippen LogP contribution is 2.23. The minimum Gasteiger partial charge on any atom is -0.390 e. The summed E-state index contributed by atoms with van der Waals surface area (Å²) in [6.45, 7) is 0.696. The van der Waals surface area contributed by atoms with Crippen LogP contribution in [0.5, 0.6) is 0 Å². The Kier molecular flexibility index (Phi) is 6.91. The third kappa shape index (κ3) is 4.48. The van der Waals surface area contributed by atoms with Gasteiger partial charge in [0.2, 0.25) is 0 Å². The summed E-state index contributed by atoms with van der Waals surface area (Å²) in [5.41, 5.74) is 1.90. The van der Waals surface area contributed by atoms with Crippen molar-refractivity contribution in [2.75, 3.05) is 19.0 Å². The molecule has 0 bridgehead atoms. The van der Waals surface area contributed by atoms with Gasteiger partial charge in [0, 0.05) is 5.75 Å². The van der Waals surface area contributed by atoms with Gasteiger partial charge in [0.05, 0.1) is 43.1 Å². The molecule has 0 spiro atoms. The van der Waals surface area contributed by atoms with Gasteiger partial charge in [-0.3, -0.25) is 4.98 Å². The van der Waals surface area contributed by atoms with E-state index in [9.17, 15) is 5.11 Å². The van der Waals surface area contributed by atoms with Crippen LogP contribution in [0.15, 0.2) is 12.1 Å². The van der Waals surface area contributed by atoms with E-state index in [4.69, 9.17) is 9.84 Å². The van der Waals surface area contributed by atoms with Crippen molar-refractivity contribution in [2.45, 2.75) is 18.5 Å².